The summed E-state index contributed by atoms with van der Waals surface area (Å²) < 4.78 is 0. The van der Waals surface area contributed by atoms with Crippen molar-refractivity contribution in [3.63, 3.8) is 0 Å². The fourth-order valence-electron chi connectivity index (χ4n) is 31.4. The normalized spacial score (nSPS) is 41.3. The van der Waals surface area contributed by atoms with Gasteiger partial charge in [0.2, 0.25) is 6.71 Å². The first-order valence-corrected chi connectivity index (χ1v) is 42.6. The number of para-hydroxylation sites is 1. The van der Waals surface area contributed by atoms with Crippen LogP contribution in [-0.2, 0) is 33.5 Å². The molecule has 22 rings (SSSR count). The van der Waals surface area contributed by atoms with Crippen LogP contribution in [0, 0.1) is 59.7 Å². The topological polar surface area (TPSA) is 13.0 Å². The largest absolute Gasteiger partial charge is 0.358 e. The summed E-state index contributed by atoms with van der Waals surface area (Å²) in [7, 11) is 0. The minimum atomic E-state index is -0.120. The van der Waals surface area contributed by atoms with Crippen molar-refractivity contribution in [3.05, 3.63) is 129 Å². The molecule has 9 aliphatic carbocycles. The predicted octanol–water partition coefficient (Wildman–Crippen LogP) is 20.4. The second kappa shape index (κ2) is 19.7. The molecule has 0 bridgehead atoms. The summed E-state index contributed by atoms with van der Waals surface area (Å²) in [6.07, 6.45) is 43.3. The molecule has 1 saturated heterocycles. The van der Waals surface area contributed by atoms with E-state index in [1.807, 2.05) is 0 Å². The fraction of sp³-hybridized carbons (Fsp3) is 0.642. The molecule has 18 atom stereocenters. The third kappa shape index (κ3) is 7.18. The molecular formula is C95H120B2N4. The lowest BCUT2D eigenvalue weighted by molar-refractivity contribution is 0.0139. The Hall–Kier alpha value is -5.09. The fourth-order valence-corrected chi connectivity index (χ4v) is 31.4. The number of rotatable bonds is 4. The highest BCUT2D eigenvalue weighted by Crippen LogP contribution is 2.75. The zero-order chi connectivity index (χ0) is 69.0. The highest BCUT2D eigenvalue weighted by atomic mass is 15.3. The second-order valence-corrected chi connectivity index (χ2v) is 42.5. The molecule has 0 N–H and O–H groups in total. The summed E-state index contributed by atoms with van der Waals surface area (Å²) in [6.45, 7) is 41.2. The van der Waals surface area contributed by atoms with Crippen LogP contribution in [0.5, 0.6) is 0 Å². The van der Waals surface area contributed by atoms with E-state index in [1.165, 1.54) is 160 Å². The number of allylic oxidation sites excluding steroid dienone is 2. The average molecular weight is 1340 g/mol. The Morgan fingerprint density at radius 2 is 0.980 bits per heavy atom. The van der Waals surface area contributed by atoms with Gasteiger partial charge in [-0.3, -0.25) is 0 Å². The SMILES string of the molecule is Cc1cc2c3c(c1)N1c4c(cc(C(C)(C)CCc5cc6c7c(c5)N5c8c(cc(C(C)(C)C)cc8C8(C)CC9CCCCC9C[C@]58C)B7c5cccc7c5N6C5(C)CC6CCCCC6CC75C)cc4C4(C)CCC5CCCCC5C14C)B3C1(C)C=CC=C3C1N2C1(C)C2CCCCC2CCC31C. The maximum absolute atomic E-state index is 3.23. The van der Waals surface area contributed by atoms with Crippen LogP contribution in [0.2, 0.25) is 5.31 Å². The molecule has 101 heavy (non-hydrogen) atoms. The first-order chi connectivity index (χ1) is 48.2. The minimum absolute atomic E-state index is 0.0173. The molecule has 6 heteroatoms. The molecule has 0 amide bonds. The van der Waals surface area contributed by atoms with E-state index in [0.717, 1.165) is 48.3 Å². The molecule has 17 aliphatic rings. The van der Waals surface area contributed by atoms with Crippen molar-refractivity contribution in [3.8, 4) is 0 Å². The maximum Gasteiger partial charge on any atom is 0.252 e. The molecule has 5 aromatic rings. The molecule has 0 aromatic heterocycles. The van der Waals surface area contributed by atoms with Gasteiger partial charge in [-0.05, 0) is 271 Å². The summed E-state index contributed by atoms with van der Waals surface area (Å²) in [6, 6.07) is 30.9. The van der Waals surface area contributed by atoms with E-state index in [9.17, 15) is 0 Å². The number of nitrogens with zero attached hydrogens (tertiary/aromatic N) is 4. The number of fused-ring (bicyclic) bond motifs is 26. The lowest BCUT2D eigenvalue weighted by Gasteiger charge is -2.63. The van der Waals surface area contributed by atoms with E-state index in [1.54, 1.807) is 106 Å². The molecule has 0 spiro atoms. The van der Waals surface area contributed by atoms with Gasteiger partial charge in [0, 0.05) is 61.5 Å². The standard InChI is InChI=1S/C95H120B2N4/c1-56-44-75-80-76(45-56)101-84-69(87(7)42-38-59-27-21-23-33-67(59)95(87,101)15)35-25-40-91(84,11)97(80)74-51-65(49-70-83(74)100(75)94(14)66-32-22-20-26-58(66)39-43-88(70,94)8)86(5,6)41-37-57-46-77-79-78(47-57)99-82-71(90(10)53-61-29-17-19-31-63(61)55-93(90,99)13)48-64(85(2,3)4)50-73(82)96(79)72-36-24-34-68-81(72)98(77)92(12)54-62-30-18-16-28-60(62)52-89(68,92)9/h24-25,34-36,40,44-51,58-63,66-67,84H,16-23,26-33,37-39,41-43,52-55H2,1-15H3/t58?,59?,60?,61?,62?,63?,66?,67?,84?,87?,88?,89?,90?,91?,92?,93-,94?,95?/m0/s1. The Labute approximate surface area is 610 Å². The number of aryl methyl sites for hydroxylation is 2. The zero-order valence-electron chi connectivity index (χ0n) is 65.1. The van der Waals surface area contributed by atoms with Crippen molar-refractivity contribution in [1.29, 1.82) is 0 Å². The van der Waals surface area contributed by atoms with Gasteiger partial charge in [0.05, 0.1) is 28.2 Å². The van der Waals surface area contributed by atoms with Gasteiger partial charge in [0.25, 0.3) is 6.71 Å². The van der Waals surface area contributed by atoms with E-state index in [2.05, 4.69) is 208 Å². The third-order valence-electron chi connectivity index (χ3n) is 37.2. The molecule has 8 heterocycles. The molecule has 0 radical (unpaired) electrons. The Kier molecular flexibility index (Phi) is 12.4. The van der Waals surface area contributed by atoms with Crippen molar-refractivity contribution >= 4 is 80.6 Å². The van der Waals surface area contributed by atoms with E-state index < -0.39 is 0 Å². The van der Waals surface area contributed by atoms with Crippen molar-refractivity contribution in [2.24, 2.45) is 52.8 Å². The molecule has 17 unspecified atom stereocenters. The number of anilines is 7. The van der Waals surface area contributed by atoms with Crippen LogP contribution in [-0.4, -0.2) is 41.6 Å². The first kappa shape index (κ1) is 63.2. The molecule has 9 fully saturated rings. The van der Waals surface area contributed by atoms with E-state index in [0.29, 0.717) is 17.9 Å². The van der Waals surface area contributed by atoms with Crippen LogP contribution < -0.4 is 46.9 Å². The van der Waals surface area contributed by atoms with Crippen LogP contribution in [0.1, 0.15) is 296 Å². The minimum Gasteiger partial charge on any atom is -0.358 e. The van der Waals surface area contributed by atoms with Gasteiger partial charge in [-0.1, -0.05) is 220 Å². The van der Waals surface area contributed by atoms with Crippen LogP contribution in [0.4, 0.5) is 39.8 Å². The smallest absolute Gasteiger partial charge is 0.252 e. The summed E-state index contributed by atoms with van der Waals surface area (Å²) in [5.41, 5.74) is 32.6. The van der Waals surface area contributed by atoms with E-state index in [4.69, 9.17) is 0 Å². The Bertz CT molecular complexity index is 4560. The molecular weight excluding hydrogens is 1220 g/mol. The number of benzene rings is 5. The maximum atomic E-state index is 3.23. The Morgan fingerprint density at radius 1 is 0.465 bits per heavy atom. The van der Waals surface area contributed by atoms with Gasteiger partial charge in [-0.25, -0.2) is 0 Å². The highest BCUT2D eigenvalue weighted by Gasteiger charge is 2.76. The molecule has 5 aromatic carbocycles. The van der Waals surface area contributed by atoms with Gasteiger partial charge in [-0.15, -0.1) is 0 Å². The lowest BCUT2D eigenvalue weighted by Crippen LogP contribution is -2.72. The zero-order valence-corrected chi connectivity index (χ0v) is 65.1. The highest BCUT2D eigenvalue weighted by molar-refractivity contribution is 7.00. The van der Waals surface area contributed by atoms with Crippen LogP contribution in [0.3, 0.4) is 0 Å². The van der Waals surface area contributed by atoms with Crippen LogP contribution in [0.15, 0.2) is 90.5 Å². The van der Waals surface area contributed by atoms with Crippen molar-refractivity contribution in [1.82, 2.24) is 0 Å². The predicted molar refractivity (Wildman–Crippen MR) is 427 cm³/mol. The van der Waals surface area contributed by atoms with Crippen molar-refractivity contribution < 1.29 is 0 Å². The Morgan fingerprint density at radius 3 is 1.61 bits per heavy atom. The monoisotopic (exact) mass is 1340 g/mol. The summed E-state index contributed by atoms with van der Waals surface area (Å²) in [5.74, 6) is 6.23. The van der Waals surface area contributed by atoms with E-state index in [-0.39, 0.29) is 73.4 Å². The van der Waals surface area contributed by atoms with Gasteiger partial charge < -0.3 is 19.6 Å². The number of hydrogen-bond acceptors (Lipinski definition) is 4. The van der Waals surface area contributed by atoms with Gasteiger partial charge >= 0.3 is 0 Å². The van der Waals surface area contributed by atoms with Crippen LogP contribution >= 0.6 is 0 Å². The third-order valence-corrected chi connectivity index (χ3v) is 37.2. The average Bonchev–Trinajstić information content (AvgIpc) is 1.49. The summed E-state index contributed by atoms with van der Waals surface area (Å²) in [5, 5.41) is -0.120. The molecule has 4 nitrogen and oxygen atoms in total. The van der Waals surface area contributed by atoms with Crippen LogP contribution in [0.25, 0.3) is 0 Å². The van der Waals surface area contributed by atoms with Gasteiger partial charge in [-0.2, -0.15) is 0 Å². The van der Waals surface area contributed by atoms with Gasteiger partial charge in [0.15, 0.2) is 0 Å². The summed E-state index contributed by atoms with van der Waals surface area (Å²) >= 11 is 0. The van der Waals surface area contributed by atoms with E-state index >= 15 is 0 Å². The summed E-state index contributed by atoms with van der Waals surface area (Å²) in [4.78, 5) is 12.7. The van der Waals surface area contributed by atoms with Crippen molar-refractivity contribution in [2.45, 2.75) is 331 Å². The van der Waals surface area contributed by atoms with Crippen molar-refractivity contribution in [2.75, 3.05) is 19.6 Å². The first-order valence-electron chi connectivity index (χ1n) is 42.6. The molecule has 526 valence electrons. The molecule has 8 saturated carbocycles. The number of hydrogen-bond donors (Lipinski definition) is 0. The quantitative estimate of drug-likeness (QED) is 0.166. The van der Waals surface area contributed by atoms with Gasteiger partial charge in [0.1, 0.15) is 0 Å². The molecule has 8 aliphatic heterocycles. The second-order valence-electron chi connectivity index (χ2n) is 42.5. The Balaban J connectivity index is 0.736. The lowest BCUT2D eigenvalue weighted by atomic mass is 9.22.